The quantitative estimate of drug-likeness (QED) is 0.715. The molecule has 4 rings (SSSR count). The van der Waals surface area contributed by atoms with E-state index in [1.54, 1.807) is 0 Å². The van der Waals surface area contributed by atoms with Crippen molar-refractivity contribution in [3.8, 4) is 5.69 Å². The lowest BCUT2D eigenvalue weighted by molar-refractivity contribution is -0.122. The predicted molar refractivity (Wildman–Crippen MR) is 101 cm³/mol. The highest BCUT2D eigenvalue weighted by molar-refractivity contribution is 5.77. The third-order valence-corrected chi connectivity index (χ3v) is 5.26. The van der Waals surface area contributed by atoms with E-state index in [-0.39, 0.29) is 11.9 Å². The highest BCUT2D eigenvalue weighted by atomic mass is 16.3. The summed E-state index contributed by atoms with van der Waals surface area (Å²) >= 11 is 0. The van der Waals surface area contributed by atoms with Crippen molar-refractivity contribution >= 4 is 17.5 Å². The van der Waals surface area contributed by atoms with Gasteiger partial charge in [0.1, 0.15) is 5.82 Å². The first kappa shape index (κ1) is 18.1. The number of piperidine rings is 1. The van der Waals surface area contributed by atoms with Gasteiger partial charge in [-0.15, -0.1) is 0 Å². The van der Waals surface area contributed by atoms with Gasteiger partial charge in [-0.25, -0.2) is 9.97 Å². The molecule has 0 spiro atoms. The maximum atomic E-state index is 8.36. The molecule has 7 heteroatoms. The smallest absolute Gasteiger partial charge is 0.290 e. The summed E-state index contributed by atoms with van der Waals surface area (Å²) in [5.74, 6) is 1.17. The topological polar surface area (TPSA) is 76.2 Å². The fourth-order valence-electron chi connectivity index (χ4n) is 3.56. The van der Waals surface area contributed by atoms with Crippen molar-refractivity contribution in [1.29, 1.82) is 0 Å². The Kier molecular flexibility index (Phi) is 5.08. The van der Waals surface area contributed by atoms with Crippen molar-refractivity contribution in [2.75, 3.05) is 20.1 Å². The molecular formula is C19H25N5O2. The minimum atomic E-state index is -0.250. The van der Waals surface area contributed by atoms with E-state index in [1.165, 1.54) is 5.82 Å². The van der Waals surface area contributed by atoms with Crippen LogP contribution >= 0.6 is 0 Å². The second kappa shape index (κ2) is 7.29. The fraction of sp³-hybridized carbons (Fsp3) is 0.421. The molecule has 1 fully saturated rings. The highest BCUT2D eigenvalue weighted by Gasteiger charge is 2.34. The maximum Gasteiger partial charge on any atom is 0.290 e. The van der Waals surface area contributed by atoms with Crippen LogP contribution in [0.15, 0.2) is 36.9 Å². The molecule has 1 aliphatic rings. The molecule has 1 aliphatic heterocycles. The molecule has 0 radical (unpaired) electrons. The predicted octanol–water partition coefficient (Wildman–Crippen LogP) is 2.44. The molecule has 1 aromatic carbocycles. The van der Waals surface area contributed by atoms with Gasteiger partial charge in [-0.2, -0.15) is 0 Å². The van der Waals surface area contributed by atoms with Crippen LogP contribution in [0.5, 0.6) is 0 Å². The van der Waals surface area contributed by atoms with E-state index in [0.717, 1.165) is 42.7 Å². The average molecular weight is 355 g/mol. The Morgan fingerprint density at radius 1 is 1.19 bits per heavy atom. The number of carboxylic acid groups (broad SMARTS) is 1. The van der Waals surface area contributed by atoms with Crippen molar-refractivity contribution in [3.63, 3.8) is 0 Å². The van der Waals surface area contributed by atoms with Gasteiger partial charge in [0.25, 0.3) is 6.47 Å². The van der Waals surface area contributed by atoms with E-state index in [4.69, 9.17) is 14.9 Å². The Hall–Kier alpha value is -2.67. The van der Waals surface area contributed by atoms with Crippen molar-refractivity contribution in [1.82, 2.24) is 24.0 Å². The van der Waals surface area contributed by atoms with E-state index in [1.807, 2.05) is 19.6 Å². The van der Waals surface area contributed by atoms with Gasteiger partial charge in [-0.05, 0) is 51.2 Å². The number of nitrogens with zero attached hydrogens (tertiary/aromatic N) is 5. The molecule has 0 saturated carbocycles. The summed E-state index contributed by atoms with van der Waals surface area (Å²) in [6.45, 7) is 4.36. The number of aryl methyl sites for hydroxylation is 1. The molecule has 1 saturated heterocycles. The third kappa shape index (κ3) is 3.35. The minimum Gasteiger partial charge on any atom is -0.483 e. The van der Waals surface area contributed by atoms with Crippen molar-refractivity contribution in [2.45, 2.75) is 25.2 Å². The Labute approximate surface area is 152 Å². The van der Waals surface area contributed by atoms with Gasteiger partial charge < -0.3 is 19.1 Å². The lowest BCUT2D eigenvalue weighted by Crippen LogP contribution is -2.40. The van der Waals surface area contributed by atoms with Crippen LogP contribution in [0.2, 0.25) is 0 Å². The summed E-state index contributed by atoms with van der Waals surface area (Å²) in [6, 6.07) is 6.43. The average Bonchev–Trinajstić information content (AvgIpc) is 3.26. The lowest BCUT2D eigenvalue weighted by atomic mass is 9.79. The van der Waals surface area contributed by atoms with Crippen molar-refractivity contribution in [2.24, 2.45) is 7.05 Å². The first-order chi connectivity index (χ1) is 12.5. The number of hydrogen-bond acceptors (Lipinski definition) is 4. The van der Waals surface area contributed by atoms with E-state index in [9.17, 15) is 0 Å². The van der Waals surface area contributed by atoms with Crippen LogP contribution in [0.3, 0.4) is 0 Å². The molecule has 2 aromatic heterocycles. The van der Waals surface area contributed by atoms with Crippen molar-refractivity contribution < 1.29 is 9.90 Å². The zero-order valence-electron chi connectivity index (χ0n) is 15.5. The van der Waals surface area contributed by atoms with Crippen LogP contribution in [0.25, 0.3) is 16.7 Å². The summed E-state index contributed by atoms with van der Waals surface area (Å²) in [4.78, 5) is 19.9. The number of imidazole rings is 2. The molecule has 7 nitrogen and oxygen atoms in total. The summed E-state index contributed by atoms with van der Waals surface area (Å²) in [7, 11) is 4.23. The molecule has 0 bridgehead atoms. The number of hydrogen-bond donors (Lipinski definition) is 1. The van der Waals surface area contributed by atoms with Crippen LogP contribution in [0, 0.1) is 0 Å². The Bertz CT molecular complexity index is 890. The van der Waals surface area contributed by atoms with Gasteiger partial charge in [0.05, 0.1) is 17.4 Å². The highest BCUT2D eigenvalue weighted by Crippen LogP contribution is 2.35. The monoisotopic (exact) mass is 355 g/mol. The summed E-state index contributed by atoms with van der Waals surface area (Å²) in [5.41, 5.74) is 3.48. The van der Waals surface area contributed by atoms with Gasteiger partial charge in [0.2, 0.25) is 0 Å². The maximum absolute atomic E-state index is 8.36. The zero-order chi connectivity index (χ0) is 18.7. The Morgan fingerprint density at radius 2 is 1.88 bits per heavy atom. The minimum absolute atomic E-state index is 0.136. The number of likely N-dealkylation sites (tertiary alicyclic amines) is 1. The lowest BCUT2D eigenvalue weighted by Gasteiger charge is -2.37. The van der Waals surface area contributed by atoms with Gasteiger partial charge in [0.15, 0.2) is 0 Å². The molecule has 0 unspecified atom stereocenters. The number of fused-ring (bicyclic) bond motifs is 1. The number of rotatable bonds is 2. The van der Waals surface area contributed by atoms with Gasteiger partial charge in [0, 0.05) is 30.5 Å². The molecule has 0 aliphatic carbocycles. The first-order valence-corrected chi connectivity index (χ1v) is 8.70. The second-order valence-electron chi connectivity index (χ2n) is 7.12. The van der Waals surface area contributed by atoms with Crippen LogP contribution < -0.4 is 0 Å². The summed E-state index contributed by atoms with van der Waals surface area (Å²) in [5, 5.41) is 6.89. The standard InChI is InChI=1S/C18H23N5.CH2O2/c1-18(6-9-21(2)10-7-18)17-19-8-11-23(17)14-4-5-15-16(12-14)22(3)13-20-15;2-1-3/h4-5,8,11-13H,6-7,9-10H2,1-3H3;1H,(H,2,3). The van der Waals surface area contributed by atoms with E-state index >= 15 is 0 Å². The molecule has 1 N–H and O–H groups in total. The normalized spacial score (nSPS) is 16.9. The SMILES string of the molecule is CN1CCC(C)(c2nccn2-c2ccc3ncn(C)c3c2)CC1.O=CO. The van der Waals surface area contributed by atoms with E-state index < -0.39 is 0 Å². The number of benzene rings is 1. The largest absolute Gasteiger partial charge is 0.483 e. The third-order valence-electron chi connectivity index (χ3n) is 5.26. The number of carbonyl (C=O) groups is 1. The van der Waals surface area contributed by atoms with E-state index in [2.05, 4.69) is 57.4 Å². The molecular weight excluding hydrogens is 330 g/mol. The van der Waals surface area contributed by atoms with Crippen LogP contribution in [-0.4, -0.2) is 55.7 Å². The molecule has 0 amide bonds. The summed E-state index contributed by atoms with van der Waals surface area (Å²) in [6.07, 6.45) is 8.16. The zero-order valence-corrected chi connectivity index (χ0v) is 15.5. The van der Waals surface area contributed by atoms with Crippen LogP contribution in [-0.2, 0) is 17.3 Å². The van der Waals surface area contributed by atoms with Crippen LogP contribution in [0.1, 0.15) is 25.6 Å². The molecule has 3 aromatic rings. The van der Waals surface area contributed by atoms with Crippen molar-refractivity contribution in [3.05, 3.63) is 42.7 Å². The Morgan fingerprint density at radius 3 is 2.58 bits per heavy atom. The fourth-order valence-corrected chi connectivity index (χ4v) is 3.56. The molecule has 3 heterocycles. The van der Waals surface area contributed by atoms with Gasteiger partial charge >= 0.3 is 0 Å². The summed E-state index contributed by atoms with van der Waals surface area (Å²) < 4.78 is 4.31. The first-order valence-electron chi connectivity index (χ1n) is 8.70. The molecule has 26 heavy (non-hydrogen) atoms. The molecule has 138 valence electrons. The number of aromatic nitrogens is 4. The van der Waals surface area contributed by atoms with E-state index in [0.29, 0.717) is 0 Å². The van der Waals surface area contributed by atoms with Gasteiger partial charge in [-0.3, -0.25) is 4.79 Å². The van der Waals surface area contributed by atoms with Crippen LogP contribution in [0.4, 0.5) is 0 Å². The molecule has 0 atom stereocenters. The Balaban J connectivity index is 0.000000613. The second-order valence-corrected chi connectivity index (χ2v) is 7.12. The van der Waals surface area contributed by atoms with Gasteiger partial charge in [-0.1, -0.05) is 6.92 Å².